The van der Waals surface area contributed by atoms with Crippen LogP contribution in [0.15, 0.2) is 36.5 Å². The largest absolute Gasteiger partial charge is 0.496 e. The molecule has 0 saturated heterocycles. The molecule has 0 aliphatic carbocycles. The molecule has 2 amide bonds. The van der Waals surface area contributed by atoms with Gasteiger partial charge in [-0.2, -0.15) is 13.2 Å². The molecular formula is C17H16F3N3O3. The highest BCUT2D eigenvalue weighted by Crippen LogP contribution is 2.37. The van der Waals surface area contributed by atoms with Crippen LogP contribution in [0.2, 0.25) is 0 Å². The lowest BCUT2D eigenvalue weighted by atomic mass is 10.1. The summed E-state index contributed by atoms with van der Waals surface area (Å²) in [5, 5.41) is 4.96. The number of amides is 2. The Kier molecular flexibility index (Phi) is 5.81. The molecule has 0 atom stereocenters. The number of ether oxygens (including phenoxy) is 1. The zero-order chi connectivity index (χ0) is 19.3. The topological polar surface area (TPSA) is 80.3 Å². The van der Waals surface area contributed by atoms with Crippen molar-refractivity contribution in [2.45, 2.75) is 19.6 Å². The van der Waals surface area contributed by atoms with Crippen LogP contribution in [0.3, 0.4) is 0 Å². The zero-order valence-corrected chi connectivity index (χ0v) is 14.0. The number of alkyl halides is 3. The molecule has 0 spiro atoms. The first-order valence-electron chi connectivity index (χ1n) is 7.47. The van der Waals surface area contributed by atoms with Gasteiger partial charge in [-0.3, -0.25) is 9.59 Å². The number of halogens is 3. The Morgan fingerprint density at radius 2 is 1.96 bits per heavy atom. The third-order valence-corrected chi connectivity index (χ3v) is 3.37. The normalized spacial score (nSPS) is 11.0. The number of methoxy groups -OCH3 is 1. The van der Waals surface area contributed by atoms with Crippen LogP contribution >= 0.6 is 0 Å². The van der Waals surface area contributed by atoms with Crippen molar-refractivity contribution in [2.75, 3.05) is 12.4 Å². The van der Waals surface area contributed by atoms with Gasteiger partial charge in [0.25, 0.3) is 5.91 Å². The maximum absolute atomic E-state index is 13.0. The summed E-state index contributed by atoms with van der Waals surface area (Å²) in [6, 6.07) is 6.37. The summed E-state index contributed by atoms with van der Waals surface area (Å²) < 4.78 is 43.9. The van der Waals surface area contributed by atoms with E-state index in [4.69, 9.17) is 4.74 Å². The molecule has 0 aliphatic heterocycles. The maximum atomic E-state index is 13.0. The zero-order valence-electron chi connectivity index (χ0n) is 14.0. The molecule has 1 aromatic heterocycles. The van der Waals surface area contributed by atoms with Crippen molar-refractivity contribution in [1.29, 1.82) is 0 Å². The Labute approximate surface area is 147 Å². The molecule has 0 bridgehead atoms. The number of nitrogens with zero attached hydrogens (tertiary/aromatic N) is 1. The third-order valence-electron chi connectivity index (χ3n) is 3.37. The van der Waals surface area contributed by atoms with Crippen molar-refractivity contribution < 1.29 is 27.5 Å². The highest BCUT2D eigenvalue weighted by molar-refractivity contribution is 5.96. The summed E-state index contributed by atoms with van der Waals surface area (Å²) in [4.78, 5) is 27.1. The second-order valence-electron chi connectivity index (χ2n) is 5.29. The Hall–Kier alpha value is -3.10. The molecule has 2 N–H and O–H groups in total. The Morgan fingerprint density at radius 3 is 2.58 bits per heavy atom. The lowest BCUT2D eigenvalue weighted by Crippen LogP contribution is -2.24. The minimum atomic E-state index is -4.57. The van der Waals surface area contributed by atoms with Gasteiger partial charge in [0.1, 0.15) is 11.6 Å². The van der Waals surface area contributed by atoms with Crippen LogP contribution in [0.25, 0.3) is 0 Å². The van der Waals surface area contributed by atoms with Gasteiger partial charge in [0.15, 0.2) is 0 Å². The lowest BCUT2D eigenvalue weighted by molar-refractivity contribution is -0.138. The number of hydrogen-bond acceptors (Lipinski definition) is 4. The molecule has 2 aromatic rings. The summed E-state index contributed by atoms with van der Waals surface area (Å²) in [6.07, 6.45) is -3.23. The number of rotatable bonds is 5. The Balaban J connectivity index is 2.16. The van der Waals surface area contributed by atoms with Crippen LogP contribution in [-0.4, -0.2) is 23.9 Å². The number of carbonyl (C=O) groups is 2. The van der Waals surface area contributed by atoms with Crippen molar-refractivity contribution in [3.63, 3.8) is 0 Å². The second-order valence-corrected chi connectivity index (χ2v) is 5.29. The van der Waals surface area contributed by atoms with Gasteiger partial charge in [0.2, 0.25) is 5.91 Å². The van der Waals surface area contributed by atoms with Crippen LogP contribution in [0.5, 0.6) is 5.75 Å². The molecule has 0 radical (unpaired) electrons. The standard InChI is InChI=1S/C17H16F3N3O3/c1-10(24)23-14-8-11(6-7-21-14)16(25)22-9-12-4-3-5-13(15(12)26-2)17(18,19)20/h3-8H,9H2,1-2H3,(H,22,25)(H,21,23,24). The average Bonchev–Trinajstić information content (AvgIpc) is 2.58. The summed E-state index contributed by atoms with van der Waals surface area (Å²) in [5.74, 6) is -1.02. The van der Waals surface area contributed by atoms with Gasteiger partial charge >= 0.3 is 6.18 Å². The highest BCUT2D eigenvalue weighted by Gasteiger charge is 2.35. The van der Waals surface area contributed by atoms with E-state index in [1.54, 1.807) is 0 Å². The van der Waals surface area contributed by atoms with Crippen molar-refractivity contribution >= 4 is 17.6 Å². The highest BCUT2D eigenvalue weighted by atomic mass is 19.4. The molecule has 0 fully saturated rings. The number of nitrogens with one attached hydrogen (secondary N) is 2. The molecule has 2 rings (SSSR count). The average molecular weight is 367 g/mol. The Morgan fingerprint density at radius 1 is 1.23 bits per heavy atom. The lowest BCUT2D eigenvalue weighted by Gasteiger charge is -2.16. The first-order valence-corrected chi connectivity index (χ1v) is 7.47. The molecule has 1 aromatic carbocycles. The van der Waals surface area contributed by atoms with Crippen molar-refractivity contribution in [3.8, 4) is 5.75 Å². The van der Waals surface area contributed by atoms with Crippen LogP contribution < -0.4 is 15.4 Å². The molecule has 0 saturated carbocycles. The van der Waals surface area contributed by atoms with Crippen molar-refractivity contribution in [3.05, 3.63) is 53.2 Å². The van der Waals surface area contributed by atoms with Gasteiger partial charge in [-0.15, -0.1) is 0 Å². The smallest absolute Gasteiger partial charge is 0.419 e. The number of benzene rings is 1. The molecule has 0 aliphatic rings. The van der Waals surface area contributed by atoms with E-state index in [1.807, 2.05) is 0 Å². The van der Waals surface area contributed by atoms with Crippen molar-refractivity contribution in [2.24, 2.45) is 0 Å². The maximum Gasteiger partial charge on any atom is 0.419 e. The van der Waals surface area contributed by atoms with E-state index in [-0.39, 0.29) is 35.1 Å². The number of para-hydroxylation sites is 1. The predicted molar refractivity (Wildman–Crippen MR) is 87.7 cm³/mol. The minimum absolute atomic E-state index is 0.163. The van der Waals surface area contributed by atoms with E-state index >= 15 is 0 Å². The monoisotopic (exact) mass is 367 g/mol. The number of hydrogen-bond donors (Lipinski definition) is 2. The first kappa shape index (κ1) is 19.2. The summed E-state index contributed by atoms with van der Waals surface area (Å²) in [6.45, 7) is 1.14. The molecule has 26 heavy (non-hydrogen) atoms. The van der Waals surface area contributed by atoms with Crippen molar-refractivity contribution in [1.82, 2.24) is 10.3 Å². The van der Waals surface area contributed by atoms with E-state index in [0.29, 0.717) is 0 Å². The van der Waals surface area contributed by atoms with E-state index in [9.17, 15) is 22.8 Å². The summed E-state index contributed by atoms with van der Waals surface area (Å²) >= 11 is 0. The fraction of sp³-hybridized carbons (Fsp3) is 0.235. The predicted octanol–water partition coefficient (Wildman–Crippen LogP) is 3.00. The molecule has 138 valence electrons. The van der Waals surface area contributed by atoms with Crippen LogP contribution in [0.1, 0.15) is 28.4 Å². The molecule has 9 heteroatoms. The van der Waals surface area contributed by atoms with Gasteiger partial charge in [-0.1, -0.05) is 12.1 Å². The number of carbonyl (C=O) groups excluding carboxylic acids is 2. The van der Waals surface area contributed by atoms with E-state index < -0.39 is 17.6 Å². The number of pyridine rings is 1. The van der Waals surface area contributed by atoms with Gasteiger partial charge < -0.3 is 15.4 Å². The SMILES string of the molecule is COc1c(CNC(=O)c2ccnc(NC(C)=O)c2)cccc1C(F)(F)F. The van der Waals surface area contributed by atoms with Gasteiger partial charge in [0, 0.05) is 30.8 Å². The van der Waals surface area contributed by atoms with Gasteiger partial charge in [-0.05, 0) is 18.2 Å². The number of anilines is 1. The second kappa shape index (κ2) is 7.85. The molecule has 0 unspecified atom stereocenters. The third kappa shape index (κ3) is 4.71. The number of aromatic nitrogens is 1. The quantitative estimate of drug-likeness (QED) is 0.851. The van der Waals surface area contributed by atoms with E-state index in [2.05, 4.69) is 15.6 Å². The molecule has 6 nitrogen and oxygen atoms in total. The first-order chi connectivity index (χ1) is 12.2. The van der Waals surface area contributed by atoms with Gasteiger partial charge in [0.05, 0.1) is 12.7 Å². The molecule has 1 heterocycles. The molecular weight excluding hydrogens is 351 g/mol. The van der Waals surface area contributed by atoms with Crippen LogP contribution in [0.4, 0.5) is 19.0 Å². The summed E-state index contributed by atoms with van der Waals surface area (Å²) in [5.41, 5.74) is -0.523. The fourth-order valence-electron chi connectivity index (χ4n) is 2.29. The minimum Gasteiger partial charge on any atom is -0.496 e. The Bertz CT molecular complexity index is 822. The van der Waals surface area contributed by atoms with Crippen LogP contribution in [0, 0.1) is 0 Å². The fourth-order valence-corrected chi connectivity index (χ4v) is 2.29. The van der Waals surface area contributed by atoms with Gasteiger partial charge in [-0.25, -0.2) is 4.98 Å². The van der Waals surface area contributed by atoms with Crippen LogP contribution in [-0.2, 0) is 17.5 Å². The van der Waals surface area contributed by atoms with E-state index in [1.165, 1.54) is 37.4 Å². The summed E-state index contributed by atoms with van der Waals surface area (Å²) in [7, 11) is 1.14. The van der Waals surface area contributed by atoms with E-state index in [0.717, 1.165) is 13.2 Å².